The minimum absolute atomic E-state index is 0. The van der Waals surface area contributed by atoms with Crippen LogP contribution >= 0.6 is 23.7 Å². The molecule has 4 rings (SSSR count). The lowest BCUT2D eigenvalue weighted by molar-refractivity contribution is 0.0998. The highest BCUT2D eigenvalue weighted by atomic mass is 35.5. The predicted molar refractivity (Wildman–Crippen MR) is 98.3 cm³/mol. The molecule has 0 spiro atoms. The number of carbonyl (C=O) groups excluding carboxylic acids is 1. The zero-order valence-electron chi connectivity index (χ0n) is 13.2. The van der Waals surface area contributed by atoms with E-state index in [2.05, 4.69) is 10.3 Å². The normalized spacial score (nSPS) is 16.5. The summed E-state index contributed by atoms with van der Waals surface area (Å²) in [6.45, 7) is 2.01. The van der Waals surface area contributed by atoms with E-state index in [4.69, 9.17) is 10.2 Å². The Balaban J connectivity index is 0.00000169. The first-order chi connectivity index (χ1) is 11.1. The fourth-order valence-corrected chi connectivity index (χ4v) is 3.98. The number of benzene rings is 1. The first-order valence-electron chi connectivity index (χ1n) is 7.64. The summed E-state index contributed by atoms with van der Waals surface area (Å²) in [7, 11) is 0. The predicted octanol–water partition coefficient (Wildman–Crippen LogP) is 3.69. The summed E-state index contributed by atoms with van der Waals surface area (Å²) in [6.07, 6.45) is 2.67. The monoisotopic (exact) mass is 363 g/mol. The quantitative estimate of drug-likeness (QED) is 0.727. The number of rotatable bonds is 2. The summed E-state index contributed by atoms with van der Waals surface area (Å²) in [6, 6.07) is 7.81. The number of furan rings is 1. The van der Waals surface area contributed by atoms with Crippen LogP contribution in [0, 0.1) is 6.92 Å². The molecule has 126 valence electrons. The van der Waals surface area contributed by atoms with E-state index in [0.29, 0.717) is 16.5 Å². The molecule has 0 saturated heterocycles. The van der Waals surface area contributed by atoms with Crippen molar-refractivity contribution in [3.05, 3.63) is 46.2 Å². The molecule has 3 aromatic rings. The van der Waals surface area contributed by atoms with Gasteiger partial charge in [-0.1, -0.05) is 11.6 Å². The van der Waals surface area contributed by atoms with E-state index >= 15 is 0 Å². The Morgan fingerprint density at radius 2 is 2.25 bits per heavy atom. The van der Waals surface area contributed by atoms with Crippen molar-refractivity contribution < 1.29 is 9.21 Å². The van der Waals surface area contributed by atoms with Gasteiger partial charge in [0.05, 0.1) is 5.69 Å². The largest absolute Gasteiger partial charge is 0.451 e. The Labute approximate surface area is 149 Å². The second-order valence-electron chi connectivity index (χ2n) is 6.00. The Bertz CT molecular complexity index is 903. The van der Waals surface area contributed by atoms with Crippen LogP contribution in [-0.2, 0) is 12.8 Å². The number of anilines is 1. The third kappa shape index (κ3) is 3.17. The number of fused-ring (bicyclic) bond motifs is 2. The van der Waals surface area contributed by atoms with Gasteiger partial charge in [-0.2, -0.15) is 0 Å². The number of hydrogen-bond donors (Lipinski definition) is 2. The number of carbonyl (C=O) groups is 1. The molecule has 7 heteroatoms. The molecule has 1 aliphatic carbocycles. The van der Waals surface area contributed by atoms with E-state index in [0.717, 1.165) is 35.9 Å². The molecule has 0 aliphatic heterocycles. The Morgan fingerprint density at radius 1 is 1.42 bits per heavy atom. The second kappa shape index (κ2) is 6.55. The molecule has 5 nitrogen and oxygen atoms in total. The van der Waals surface area contributed by atoms with Gasteiger partial charge in [-0.25, -0.2) is 4.98 Å². The molecule has 0 radical (unpaired) electrons. The number of aryl methyl sites for hydroxylation is 2. The highest BCUT2D eigenvalue weighted by Gasteiger charge is 2.21. The van der Waals surface area contributed by atoms with Crippen molar-refractivity contribution in [2.45, 2.75) is 32.2 Å². The molecule has 1 aromatic carbocycles. The van der Waals surface area contributed by atoms with Crippen molar-refractivity contribution in [2.75, 3.05) is 5.32 Å². The number of nitrogens with one attached hydrogen (secondary N) is 1. The lowest BCUT2D eigenvalue weighted by Crippen LogP contribution is -2.27. The molecule has 0 fully saturated rings. The SMILES string of the molecule is Cc1ccc2oc(C(=O)Nc3nc4c(s3)C[C@@H](N)CC4)cc2c1.Cl. The van der Waals surface area contributed by atoms with E-state index < -0.39 is 0 Å². The Kier molecular flexibility index (Phi) is 4.62. The molecular formula is C17H18ClN3O2S. The Hall–Kier alpha value is -1.89. The van der Waals surface area contributed by atoms with Crippen molar-refractivity contribution in [3.8, 4) is 0 Å². The number of amides is 1. The molecule has 0 saturated carbocycles. The van der Waals surface area contributed by atoms with E-state index in [-0.39, 0.29) is 24.4 Å². The fraction of sp³-hybridized carbons (Fsp3) is 0.294. The maximum Gasteiger partial charge on any atom is 0.293 e. The van der Waals surface area contributed by atoms with Gasteiger partial charge in [0.2, 0.25) is 0 Å². The van der Waals surface area contributed by atoms with Gasteiger partial charge in [0.1, 0.15) is 5.58 Å². The lowest BCUT2D eigenvalue weighted by Gasteiger charge is -2.15. The zero-order valence-corrected chi connectivity index (χ0v) is 14.8. The number of nitrogens with two attached hydrogens (primary N) is 1. The standard InChI is InChI=1S/C17H17N3O2S.ClH/c1-9-2-5-13-10(6-9)7-14(22-13)16(21)20-17-19-12-4-3-11(18)8-15(12)23-17;/h2,5-7,11H,3-4,8,18H2,1H3,(H,19,20,21);1H/t11-;/m0./s1. The molecule has 2 aromatic heterocycles. The molecule has 3 N–H and O–H groups in total. The van der Waals surface area contributed by atoms with Crippen molar-refractivity contribution in [3.63, 3.8) is 0 Å². The summed E-state index contributed by atoms with van der Waals surface area (Å²) in [5.74, 6) is 0.0321. The Morgan fingerprint density at radius 3 is 3.08 bits per heavy atom. The van der Waals surface area contributed by atoms with Crippen molar-refractivity contribution >= 4 is 45.8 Å². The van der Waals surface area contributed by atoms with Gasteiger partial charge in [-0.15, -0.1) is 23.7 Å². The van der Waals surface area contributed by atoms with Crippen LogP contribution in [-0.4, -0.2) is 16.9 Å². The smallest absolute Gasteiger partial charge is 0.293 e. The van der Waals surface area contributed by atoms with Crippen molar-refractivity contribution in [1.82, 2.24) is 4.98 Å². The molecule has 1 amide bonds. The fourth-order valence-electron chi connectivity index (χ4n) is 2.89. The highest BCUT2D eigenvalue weighted by molar-refractivity contribution is 7.15. The lowest BCUT2D eigenvalue weighted by atomic mass is 9.99. The van der Waals surface area contributed by atoms with Crippen LogP contribution in [0.2, 0.25) is 0 Å². The van der Waals surface area contributed by atoms with Gasteiger partial charge in [-0.3, -0.25) is 10.1 Å². The van der Waals surface area contributed by atoms with Gasteiger partial charge >= 0.3 is 0 Å². The van der Waals surface area contributed by atoms with Crippen molar-refractivity contribution in [1.29, 1.82) is 0 Å². The van der Waals surface area contributed by atoms with E-state index in [1.807, 2.05) is 25.1 Å². The van der Waals surface area contributed by atoms with E-state index in [1.165, 1.54) is 16.2 Å². The molecule has 0 bridgehead atoms. The van der Waals surface area contributed by atoms with Crippen LogP contribution in [0.15, 0.2) is 28.7 Å². The average molecular weight is 364 g/mol. The number of halogens is 1. The summed E-state index contributed by atoms with van der Waals surface area (Å²) in [4.78, 5) is 18.1. The summed E-state index contributed by atoms with van der Waals surface area (Å²) in [5, 5.41) is 4.39. The topological polar surface area (TPSA) is 81.2 Å². The minimum Gasteiger partial charge on any atom is -0.451 e. The van der Waals surface area contributed by atoms with Gasteiger partial charge in [0, 0.05) is 16.3 Å². The maximum absolute atomic E-state index is 12.4. The number of nitrogens with zero attached hydrogens (tertiary/aromatic N) is 1. The molecule has 24 heavy (non-hydrogen) atoms. The zero-order chi connectivity index (χ0) is 16.0. The van der Waals surface area contributed by atoms with Gasteiger partial charge in [0.15, 0.2) is 10.9 Å². The van der Waals surface area contributed by atoms with Crippen LogP contribution in [0.5, 0.6) is 0 Å². The first-order valence-corrected chi connectivity index (χ1v) is 8.46. The summed E-state index contributed by atoms with van der Waals surface area (Å²) >= 11 is 1.51. The van der Waals surface area contributed by atoms with Crippen molar-refractivity contribution in [2.24, 2.45) is 5.73 Å². The van der Waals surface area contributed by atoms with E-state index in [9.17, 15) is 4.79 Å². The van der Waals surface area contributed by atoms with Gasteiger partial charge in [-0.05, 0) is 44.4 Å². The van der Waals surface area contributed by atoms with Crippen LogP contribution in [0.25, 0.3) is 11.0 Å². The average Bonchev–Trinajstić information content (AvgIpc) is 3.09. The number of thiazole rings is 1. The number of hydrogen-bond acceptors (Lipinski definition) is 5. The maximum atomic E-state index is 12.4. The third-order valence-electron chi connectivity index (χ3n) is 4.09. The highest BCUT2D eigenvalue weighted by Crippen LogP contribution is 2.30. The summed E-state index contributed by atoms with van der Waals surface area (Å²) < 4.78 is 5.62. The summed E-state index contributed by atoms with van der Waals surface area (Å²) in [5.41, 5.74) is 8.89. The van der Waals surface area contributed by atoms with Crippen LogP contribution in [0.1, 0.15) is 33.1 Å². The first kappa shape index (κ1) is 17.0. The van der Waals surface area contributed by atoms with Gasteiger partial charge in [0.25, 0.3) is 5.91 Å². The van der Waals surface area contributed by atoms with Crippen LogP contribution in [0.4, 0.5) is 5.13 Å². The molecule has 1 aliphatic rings. The minimum atomic E-state index is -0.269. The van der Waals surface area contributed by atoms with E-state index in [1.54, 1.807) is 6.07 Å². The van der Waals surface area contributed by atoms with Crippen LogP contribution < -0.4 is 11.1 Å². The second-order valence-corrected chi connectivity index (χ2v) is 7.08. The molecule has 0 unspecified atom stereocenters. The molecule has 2 heterocycles. The molecular weight excluding hydrogens is 346 g/mol. The van der Waals surface area contributed by atoms with Gasteiger partial charge < -0.3 is 10.2 Å². The van der Waals surface area contributed by atoms with Crippen LogP contribution in [0.3, 0.4) is 0 Å². The number of aromatic nitrogens is 1. The molecule has 1 atom stereocenters. The third-order valence-corrected chi connectivity index (χ3v) is 5.13.